The molecule has 2 aromatic heterocycles. The maximum Gasteiger partial charge on any atom is 0.317 e. The average Bonchev–Trinajstić information content (AvgIpc) is 3.42. The van der Waals surface area contributed by atoms with Crippen molar-refractivity contribution >= 4 is 17.5 Å². The predicted molar refractivity (Wildman–Crippen MR) is 104 cm³/mol. The van der Waals surface area contributed by atoms with Gasteiger partial charge in [0.2, 0.25) is 5.76 Å². The number of anilines is 1. The number of fused-ring (bicyclic) bond motifs is 1. The fourth-order valence-corrected chi connectivity index (χ4v) is 3.22. The highest BCUT2D eigenvalue weighted by molar-refractivity contribution is 6.16. The quantitative estimate of drug-likeness (QED) is 0.575. The summed E-state index contributed by atoms with van der Waals surface area (Å²) in [6.07, 6.45) is 2.13. The third-order valence-corrected chi connectivity index (χ3v) is 4.58. The number of carbonyl (C=O) groups excluding carboxylic acids is 1. The highest BCUT2D eigenvalue weighted by atomic mass is 16.4. The Balaban J connectivity index is 1.52. The van der Waals surface area contributed by atoms with E-state index in [-0.39, 0.29) is 24.1 Å². The van der Waals surface area contributed by atoms with Gasteiger partial charge in [0, 0.05) is 17.5 Å². The van der Waals surface area contributed by atoms with Crippen molar-refractivity contribution in [2.24, 2.45) is 4.99 Å². The van der Waals surface area contributed by atoms with Crippen molar-refractivity contribution in [3.05, 3.63) is 83.9 Å². The smallest absolute Gasteiger partial charge is 0.317 e. The lowest BCUT2D eigenvalue weighted by Gasteiger charge is -2.11. The molecule has 0 radical (unpaired) electrons. The first-order valence-corrected chi connectivity index (χ1v) is 9.01. The van der Waals surface area contributed by atoms with E-state index in [1.54, 1.807) is 0 Å². The molecule has 1 aliphatic heterocycles. The number of aliphatic imine (C=N–C) groups is 1. The van der Waals surface area contributed by atoms with Crippen molar-refractivity contribution in [1.29, 1.82) is 0 Å². The van der Waals surface area contributed by atoms with Crippen molar-refractivity contribution in [1.82, 2.24) is 15.2 Å². The van der Waals surface area contributed by atoms with E-state index in [9.17, 15) is 4.79 Å². The number of rotatable bonds is 4. The van der Waals surface area contributed by atoms with Gasteiger partial charge in [0.1, 0.15) is 0 Å². The molecule has 1 N–H and O–H groups in total. The van der Waals surface area contributed by atoms with Crippen LogP contribution in [-0.2, 0) is 11.2 Å². The van der Waals surface area contributed by atoms with Gasteiger partial charge in [0.05, 0.1) is 11.9 Å². The van der Waals surface area contributed by atoms with Crippen LogP contribution in [0.15, 0.2) is 81.0 Å². The molecule has 0 unspecified atom stereocenters. The predicted octanol–water partition coefficient (Wildman–Crippen LogP) is 3.13. The van der Waals surface area contributed by atoms with Crippen molar-refractivity contribution in [2.45, 2.75) is 12.6 Å². The molecule has 8 heteroatoms. The van der Waals surface area contributed by atoms with E-state index >= 15 is 0 Å². The van der Waals surface area contributed by atoms with Crippen LogP contribution < -0.4 is 5.32 Å². The summed E-state index contributed by atoms with van der Waals surface area (Å²) in [5.74, 6) is 0.419. The van der Waals surface area contributed by atoms with E-state index in [0.717, 1.165) is 22.4 Å². The van der Waals surface area contributed by atoms with Gasteiger partial charge in [-0.3, -0.25) is 9.79 Å². The minimum absolute atomic E-state index is 0.0804. The Morgan fingerprint density at radius 1 is 1.00 bits per heavy atom. The van der Waals surface area contributed by atoms with E-state index in [1.807, 2.05) is 54.6 Å². The van der Waals surface area contributed by atoms with Gasteiger partial charge in [-0.1, -0.05) is 59.7 Å². The third kappa shape index (κ3) is 3.31. The first-order chi connectivity index (χ1) is 14.3. The second-order valence-electron chi connectivity index (χ2n) is 6.47. The Labute approximate surface area is 165 Å². The van der Waals surface area contributed by atoms with Crippen molar-refractivity contribution in [2.75, 3.05) is 5.32 Å². The summed E-state index contributed by atoms with van der Waals surface area (Å²) < 4.78 is 10.7. The standard InChI is InChI=1S/C21H15N5O3/c27-16-10-14-8-4-5-9-15(14)18(13-6-2-1-3-7-13)23-19(16)24-21-26-25-20(29-21)17-11-22-12-28-17/h1-9,11-12,19H,10H2,(H,24,26)/t19-/m1/s1. The summed E-state index contributed by atoms with van der Waals surface area (Å²) in [5.41, 5.74) is 3.52. The molecule has 0 bridgehead atoms. The number of carbonyl (C=O) groups is 1. The monoisotopic (exact) mass is 385 g/mol. The number of hydrogen-bond acceptors (Lipinski definition) is 8. The van der Waals surface area contributed by atoms with E-state index in [4.69, 9.17) is 13.8 Å². The number of ketones is 1. The zero-order chi connectivity index (χ0) is 19.6. The maximum atomic E-state index is 12.9. The molecule has 142 valence electrons. The average molecular weight is 385 g/mol. The van der Waals surface area contributed by atoms with Crippen molar-refractivity contribution in [3.63, 3.8) is 0 Å². The zero-order valence-electron chi connectivity index (χ0n) is 15.1. The fourth-order valence-electron chi connectivity index (χ4n) is 3.22. The van der Waals surface area contributed by atoms with Gasteiger partial charge in [0.25, 0.3) is 5.89 Å². The number of nitrogens with one attached hydrogen (secondary N) is 1. The number of oxazole rings is 1. The molecule has 0 fully saturated rings. The van der Waals surface area contributed by atoms with E-state index in [0.29, 0.717) is 5.76 Å². The molecule has 1 atom stereocenters. The summed E-state index contributed by atoms with van der Waals surface area (Å²) in [7, 11) is 0. The highest BCUT2D eigenvalue weighted by Crippen LogP contribution is 2.24. The van der Waals surface area contributed by atoms with Crippen LogP contribution in [0.5, 0.6) is 0 Å². The Morgan fingerprint density at radius 2 is 1.83 bits per heavy atom. The van der Waals surface area contributed by atoms with Crippen LogP contribution in [0.25, 0.3) is 11.7 Å². The molecular formula is C21H15N5O3. The summed E-state index contributed by atoms with van der Waals surface area (Å²) in [4.78, 5) is 21.5. The Kier molecular flexibility index (Phi) is 4.21. The number of aromatic nitrogens is 3. The lowest BCUT2D eigenvalue weighted by molar-refractivity contribution is -0.119. The Hall–Kier alpha value is -4.07. The molecule has 0 saturated carbocycles. The van der Waals surface area contributed by atoms with Gasteiger partial charge < -0.3 is 14.2 Å². The van der Waals surface area contributed by atoms with Gasteiger partial charge in [-0.05, 0) is 5.56 Å². The minimum atomic E-state index is -0.861. The summed E-state index contributed by atoms with van der Waals surface area (Å²) in [5, 5.41) is 10.8. The molecule has 0 spiro atoms. The topological polar surface area (TPSA) is 106 Å². The first kappa shape index (κ1) is 17.1. The maximum absolute atomic E-state index is 12.9. The third-order valence-electron chi connectivity index (χ3n) is 4.58. The molecule has 4 aromatic rings. The number of Topliss-reactive ketones (excluding diaryl/α,β-unsaturated/α-hetero) is 1. The molecule has 0 aliphatic carbocycles. The van der Waals surface area contributed by atoms with Crippen LogP contribution in [0, 0.1) is 0 Å². The largest absolute Gasteiger partial charge is 0.438 e. The van der Waals surface area contributed by atoms with Gasteiger partial charge in [0.15, 0.2) is 18.3 Å². The van der Waals surface area contributed by atoms with Gasteiger partial charge in [-0.2, -0.15) is 0 Å². The molecule has 5 rings (SSSR count). The van der Waals surface area contributed by atoms with Crippen LogP contribution in [0.3, 0.4) is 0 Å². The normalized spacial score (nSPS) is 16.1. The molecular weight excluding hydrogens is 370 g/mol. The van der Waals surface area contributed by atoms with E-state index in [2.05, 4.69) is 20.5 Å². The van der Waals surface area contributed by atoms with Crippen LogP contribution >= 0.6 is 0 Å². The lowest BCUT2D eigenvalue weighted by atomic mass is 9.96. The van der Waals surface area contributed by atoms with Crippen LogP contribution in [0.2, 0.25) is 0 Å². The molecule has 1 aliphatic rings. The van der Waals surface area contributed by atoms with Gasteiger partial charge in [-0.25, -0.2) is 4.98 Å². The second-order valence-corrected chi connectivity index (χ2v) is 6.47. The zero-order valence-corrected chi connectivity index (χ0v) is 15.1. The molecule has 2 aromatic carbocycles. The minimum Gasteiger partial charge on any atom is -0.438 e. The molecule has 3 heterocycles. The highest BCUT2D eigenvalue weighted by Gasteiger charge is 2.27. The Bertz CT molecular complexity index is 1180. The van der Waals surface area contributed by atoms with Crippen LogP contribution in [-0.4, -0.2) is 32.8 Å². The summed E-state index contributed by atoms with van der Waals surface area (Å²) in [6, 6.07) is 17.6. The van der Waals surface area contributed by atoms with Crippen LogP contribution in [0.4, 0.5) is 6.01 Å². The number of hydrogen-bond donors (Lipinski definition) is 1. The summed E-state index contributed by atoms with van der Waals surface area (Å²) in [6.45, 7) is 0. The lowest BCUT2D eigenvalue weighted by Crippen LogP contribution is -2.29. The SMILES string of the molecule is O=C1Cc2ccccc2C(c2ccccc2)=N[C@@H]1Nc1nnc(-c2cnco2)o1. The van der Waals surface area contributed by atoms with E-state index in [1.165, 1.54) is 12.6 Å². The second kappa shape index (κ2) is 7.16. The molecule has 29 heavy (non-hydrogen) atoms. The van der Waals surface area contributed by atoms with Gasteiger partial charge in [-0.15, -0.1) is 5.10 Å². The number of benzene rings is 2. The van der Waals surface area contributed by atoms with Crippen molar-refractivity contribution < 1.29 is 13.6 Å². The molecule has 0 saturated heterocycles. The number of nitrogens with zero attached hydrogens (tertiary/aromatic N) is 4. The van der Waals surface area contributed by atoms with Gasteiger partial charge >= 0.3 is 6.01 Å². The molecule has 8 nitrogen and oxygen atoms in total. The summed E-state index contributed by atoms with van der Waals surface area (Å²) >= 11 is 0. The molecule has 0 amide bonds. The van der Waals surface area contributed by atoms with E-state index < -0.39 is 6.17 Å². The van der Waals surface area contributed by atoms with Crippen LogP contribution in [0.1, 0.15) is 16.7 Å². The fraction of sp³-hybridized carbons (Fsp3) is 0.0952. The van der Waals surface area contributed by atoms with Crippen molar-refractivity contribution in [3.8, 4) is 11.7 Å². The first-order valence-electron chi connectivity index (χ1n) is 9.01. The Morgan fingerprint density at radius 3 is 2.66 bits per heavy atom.